The lowest BCUT2D eigenvalue weighted by Gasteiger charge is -2.23. The number of hydrogen-bond donors (Lipinski definition) is 0. The zero-order valence-corrected chi connectivity index (χ0v) is 21.1. The van der Waals surface area contributed by atoms with E-state index >= 15 is 0 Å². The van der Waals surface area contributed by atoms with E-state index in [-0.39, 0.29) is 5.97 Å². The maximum absolute atomic E-state index is 12.1. The number of unbranched alkanes of at least 4 members (excludes halogenated alkanes) is 11. The van der Waals surface area contributed by atoms with Gasteiger partial charge >= 0.3 is 5.97 Å². The van der Waals surface area contributed by atoms with Crippen molar-refractivity contribution in [3.8, 4) is 0 Å². The highest BCUT2D eigenvalue weighted by Crippen LogP contribution is 2.16. The van der Waals surface area contributed by atoms with Crippen LogP contribution in [0.4, 0.5) is 5.69 Å². The summed E-state index contributed by atoms with van der Waals surface area (Å²) in [6.07, 6.45) is 16.0. The fourth-order valence-electron chi connectivity index (χ4n) is 3.75. The third-order valence-corrected chi connectivity index (χ3v) is 5.96. The molecule has 0 saturated carbocycles. The van der Waals surface area contributed by atoms with Crippen molar-refractivity contribution in [2.75, 3.05) is 36.4 Å². The van der Waals surface area contributed by atoms with E-state index in [1.807, 2.05) is 24.3 Å². The molecular formula is C26H43Cl2NO2. The lowest BCUT2D eigenvalue weighted by atomic mass is 10.1. The average Bonchev–Trinajstić information content (AvgIpc) is 2.77. The molecule has 0 bridgehead atoms. The van der Waals surface area contributed by atoms with Gasteiger partial charge < -0.3 is 9.64 Å². The summed E-state index contributed by atoms with van der Waals surface area (Å²) in [5.74, 6) is 0.975. The Kier molecular flexibility index (Phi) is 17.9. The molecule has 0 aliphatic rings. The first-order valence-electron chi connectivity index (χ1n) is 12.3. The molecule has 0 N–H and O–H groups in total. The van der Waals surface area contributed by atoms with Crippen molar-refractivity contribution in [2.24, 2.45) is 0 Å². The number of alkyl halides is 2. The van der Waals surface area contributed by atoms with Gasteiger partial charge in [-0.3, -0.25) is 4.79 Å². The number of rotatable bonds is 20. The Morgan fingerprint density at radius 2 is 1.26 bits per heavy atom. The summed E-state index contributed by atoms with van der Waals surface area (Å²) in [4.78, 5) is 14.2. The summed E-state index contributed by atoms with van der Waals surface area (Å²) >= 11 is 11.7. The van der Waals surface area contributed by atoms with Gasteiger partial charge in [0, 0.05) is 30.5 Å². The molecule has 0 aliphatic heterocycles. The Balaban J connectivity index is 2.05. The Labute approximate surface area is 200 Å². The zero-order valence-electron chi connectivity index (χ0n) is 19.6. The number of carbonyl (C=O) groups is 1. The first kappa shape index (κ1) is 28.1. The van der Waals surface area contributed by atoms with E-state index in [1.165, 1.54) is 64.2 Å². The van der Waals surface area contributed by atoms with Crippen LogP contribution in [0.25, 0.3) is 0 Å². The molecule has 1 aromatic rings. The van der Waals surface area contributed by atoms with Gasteiger partial charge in [-0.15, -0.1) is 23.2 Å². The van der Waals surface area contributed by atoms with Gasteiger partial charge in [-0.1, -0.05) is 89.7 Å². The molecule has 0 spiro atoms. The quantitative estimate of drug-likeness (QED) is 0.110. The molecule has 0 radical (unpaired) electrons. The fraction of sp³-hybridized carbons (Fsp3) is 0.731. The summed E-state index contributed by atoms with van der Waals surface area (Å²) in [7, 11) is 0. The minimum atomic E-state index is -0.144. The highest BCUT2D eigenvalue weighted by Gasteiger charge is 2.08. The van der Waals surface area contributed by atoms with Crippen molar-refractivity contribution < 1.29 is 9.53 Å². The van der Waals surface area contributed by atoms with E-state index in [2.05, 4.69) is 11.8 Å². The maximum Gasteiger partial charge on any atom is 0.310 e. The molecule has 0 heterocycles. The lowest BCUT2D eigenvalue weighted by molar-refractivity contribution is -0.142. The molecule has 0 unspecified atom stereocenters. The van der Waals surface area contributed by atoms with Gasteiger partial charge in [0.2, 0.25) is 0 Å². The third-order valence-electron chi connectivity index (χ3n) is 5.62. The number of ether oxygens (including phenoxy) is 1. The van der Waals surface area contributed by atoms with Crippen molar-refractivity contribution in [1.82, 2.24) is 0 Å². The van der Waals surface area contributed by atoms with E-state index in [4.69, 9.17) is 27.9 Å². The van der Waals surface area contributed by atoms with Crippen molar-refractivity contribution in [3.63, 3.8) is 0 Å². The summed E-state index contributed by atoms with van der Waals surface area (Å²) in [5.41, 5.74) is 2.05. The minimum absolute atomic E-state index is 0.144. The van der Waals surface area contributed by atoms with E-state index in [9.17, 15) is 4.79 Å². The van der Waals surface area contributed by atoms with Crippen LogP contribution in [0.1, 0.15) is 89.5 Å². The van der Waals surface area contributed by atoms with Gasteiger partial charge in [0.05, 0.1) is 13.0 Å². The molecule has 0 aliphatic carbocycles. The molecule has 0 atom stereocenters. The second-order valence-corrected chi connectivity index (χ2v) is 9.07. The number of anilines is 1. The molecule has 1 aromatic carbocycles. The SMILES string of the molecule is CCCCCCCCCCCCCCOC(=O)Cc1ccc(N(CCCl)CCCl)cc1. The molecule has 1 rings (SSSR count). The van der Waals surface area contributed by atoms with Crippen molar-refractivity contribution in [3.05, 3.63) is 29.8 Å². The lowest BCUT2D eigenvalue weighted by Crippen LogP contribution is -2.27. The number of halogens is 2. The zero-order chi connectivity index (χ0) is 22.6. The van der Waals surface area contributed by atoms with Crippen LogP contribution in [-0.2, 0) is 16.0 Å². The van der Waals surface area contributed by atoms with Crippen LogP contribution < -0.4 is 4.90 Å². The maximum atomic E-state index is 12.1. The van der Waals surface area contributed by atoms with Crippen LogP contribution in [-0.4, -0.2) is 37.4 Å². The molecule has 31 heavy (non-hydrogen) atoms. The van der Waals surface area contributed by atoms with Crippen molar-refractivity contribution >= 4 is 34.9 Å². The molecule has 3 nitrogen and oxygen atoms in total. The second kappa shape index (κ2) is 19.7. The van der Waals surface area contributed by atoms with Crippen LogP contribution in [0.5, 0.6) is 0 Å². The predicted octanol–water partition coefficient (Wildman–Crippen LogP) is 7.76. The van der Waals surface area contributed by atoms with Crippen LogP contribution >= 0.6 is 23.2 Å². The van der Waals surface area contributed by atoms with Gasteiger partial charge in [0.15, 0.2) is 0 Å². The second-order valence-electron chi connectivity index (χ2n) is 8.32. The minimum Gasteiger partial charge on any atom is -0.465 e. The number of nitrogens with zero attached hydrogens (tertiary/aromatic N) is 1. The summed E-state index contributed by atoms with van der Waals surface area (Å²) in [6, 6.07) is 8.01. The van der Waals surface area contributed by atoms with Gasteiger partial charge in [-0.2, -0.15) is 0 Å². The average molecular weight is 473 g/mol. The largest absolute Gasteiger partial charge is 0.465 e. The summed E-state index contributed by atoms with van der Waals surface area (Å²) in [5, 5.41) is 0. The monoisotopic (exact) mass is 471 g/mol. The Morgan fingerprint density at radius 3 is 1.74 bits per heavy atom. The molecule has 0 aromatic heterocycles. The molecule has 0 amide bonds. The van der Waals surface area contributed by atoms with Crippen LogP contribution in [0, 0.1) is 0 Å². The Morgan fingerprint density at radius 1 is 0.774 bits per heavy atom. The summed E-state index contributed by atoms with van der Waals surface area (Å²) in [6.45, 7) is 4.32. The summed E-state index contributed by atoms with van der Waals surface area (Å²) < 4.78 is 5.41. The first-order chi connectivity index (χ1) is 15.2. The van der Waals surface area contributed by atoms with Gasteiger partial charge in [-0.05, 0) is 24.1 Å². The van der Waals surface area contributed by atoms with Crippen LogP contribution in [0.2, 0.25) is 0 Å². The van der Waals surface area contributed by atoms with E-state index in [1.54, 1.807) is 0 Å². The van der Waals surface area contributed by atoms with E-state index in [0.717, 1.165) is 37.2 Å². The van der Waals surface area contributed by atoms with E-state index in [0.29, 0.717) is 24.8 Å². The molecular weight excluding hydrogens is 429 g/mol. The standard InChI is InChI=1S/C26H43Cl2NO2/c1-2-3-4-5-6-7-8-9-10-11-12-13-22-31-26(30)23-24-14-16-25(17-15-24)29(20-18-27)21-19-28/h14-17H,2-13,18-23H2,1H3. The number of esters is 1. The van der Waals surface area contributed by atoms with Crippen molar-refractivity contribution in [2.45, 2.75) is 90.4 Å². The Hall–Kier alpha value is -0.930. The fourth-order valence-corrected chi connectivity index (χ4v) is 4.15. The number of carbonyl (C=O) groups excluding carboxylic acids is 1. The van der Waals surface area contributed by atoms with Crippen LogP contribution in [0.3, 0.4) is 0 Å². The highest BCUT2D eigenvalue weighted by molar-refractivity contribution is 6.18. The van der Waals surface area contributed by atoms with E-state index < -0.39 is 0 Å². The smallest absolute Gasteiger partial charge is 0.310 e. The first-order valence-corrected chi connectivity index (χ1v) is 13.4. The highest BCUT2D eigenvalue weighted by atomic mass is 35.5. The number of hydrogen-bond acceptors (Lipinski definition) is 3. The van der Waals surface area contributed by atoms with Gasteiger partial charge in [-0.25, -0.2) is 0 Å². The van der Waals surface area contributed by atoms with Crippen molar-refractivity contribution in [1.29, 1.82) is 0 Å². The molecule has 0 fully saturated rings. The van der Waals surface area contributed by atoms with Crippen LogP contribution in [0.15, 0.2) is 24.3 Å². The normalized spacial score (nSPS) is 10.9. The molecule has 178 valence electrons. The van der Waals surface area contributed by atoms with Gasteiger partial charge in [0.1, 0.15) is 0 Å². The van der Waals surface area contributed by atoms with Gasteiger partial charge in [0.25, 0.3) is 0 Å². The molecule has 5 heteroatoms. The Bertz CT molecular complexity index is 545. The predicted molar refractivity (Wildman–Crippen MR) is 136 cm³/mol. The topological polar surface area (TPSA) is 29.5 Å². The number of benzene rings is 1. The molecule has 0 saturated heterocycles. The third kappa shape index (κ3) is 14.7.